The number of carbonyl (C=O) groups excluding carboxylic acids is 2. The van der Waals surface area contributed by atoms with E-state index in [0.717, 1.165) is 6.07 Å². The molecule has 1 aliphatic rings. The lowest BCUT2D eigenvalue weighted by atomic mass is 9.96. The lowest BCUT2D eigenvalue weighted by Gasteiger charge is -2.21. The van der Waals surface area contributed by atoms with E-state index in [1.165, 1.54) is 18.2 Å². The fraction of sp³-hybridized carbons (Fsp3) is 0.273. The smallest absolute Gasteiger partial charge is 0.223 e. The number of aromatic nitrogens is 1. The molecule has 5 nitrogen and oxygen atoms in total. The van der Waals surface area contributed by atoms with Gasteiger partial charge >= 0.3 is 0 Å². The first-order valence-corrected chi connectivity index (χ1v) is 9.72. The lowest BCUT2D eigenvalue weighted by molar-refractivity contribution is -0.132. The summed E-state index contributed by atoms with van der Waals surface area (Å²) in [5.74, 6) is -2.58. The molecule has 1 aromatic heterocycles. The molecule has 1 atom stereocenters. The van der Waals surface area contributed by atoms with E-state index in [9.17, 15) is 22.8 Å². The van der Waals surface area contributed by atoms with Gasteiger partial charge in [0, 0.05) is 42.6 Å². The van der Waals surface area contributed by atoms with Crippen molar-refractivity contribution in [2.24, 2.45) is 5.92 Å². The Morgan fingerprint density at radius 1 is 1.10 bits per heavy atom. The van der Waals surface area contributed by atoms with Crippen LogP contribution in [0.25, 0.3) is 22.2 Å². The minimum Gasteiger partial charge on any atom is -0.356 e. The van der Waals surface area contributed by atoms with Gasteiger partial charge in [-0.15, -0.1) is 0 Å². The van der Waals surface area contributed by atoms with E-state index in [4.69, 9.17) is 0 Å². The molecule has 1 fully saturated rings. The molecule has 0 saturated carbocycles. The van der Waals surface area contributed by atoms with Crippen molar-refractivity contribution in [3.05, 3.63) is 59.4 Å². The van der Waals surface area contributed by atoms with E-state index >= 15 is 0 Å². The Bertz CT molecular complexity index is 1110. The number of amides is 2. The van der Waals surface area contributed by atoms with Crippen LogP contribution >= 0.6 is 0 Å². The zero-order chi connectivity index (χ0) is 21.3. The molecule has 3 N–H and O–H groups in total. The van der Waals surface area contributed by atoms with Crippen LogP contribution in [0.3, 0.4) is 0 Å². The SMILES string of the molecule is O=C1CC(C(=O)NCCc2c(-c3ccc(F)cc3)[nH]c3c(F)cc(F)cc23)CCN1. The monoisotopic (exact) mass is 415 g/mol. The van der Waals surface area contributed by atoms with E-state index in [-0.39, 0.29) is 36.2 Å². The number of rotatable bonds is 5. The minimum absolute atomic E-state index is 0.149. The van der Waals surface area contributed by atoms with Gasteiger partial charge in [-0.25, -0.2) is 13.2 Å². The summed E-state index contributed by atoms with van der Waals surface area (Å²) in [4.78, 5) is 26.8. The minimum atomic E-state index is -0.725. The quantitative estimate of drug-likeness (QED) is 0.597. The fourth-order valence-corrected chi connectivity index (χ4v) is 3.86. The number of nitrogens with one attached hydrogen (secondary N) is 3. The molecule has 2 amide bonds. The molecule has 8 heteroatoms. The van der Waals surface area contributed by atoms with E-state index in [1.54, 1.807) is 12.1 Å². The third-order valence-electron chi connectivity index (χ3n) is 5.36. The van der Waals surface area contributed by atoms with Crippen molar-refractivity contribution in [3.63, 3.8) is 0 Å². The highest BCUT2D eigenvalue weighted by Gasteiger charge is 2.25. The summed E-state index contributed by atoms with van der Waals surface area (Å²) in [6.45, 7) is 0.697. The number of halogens is 3. The third kappa shape index (κ3) is 4.03. The summed E-state index contributed by atoms with van der Waals surface area (Å²) in [7, 11) is 0. The van der Waals surface area contributed by atoms with Crippen LogP contribution in [0.5, 0.6) is 0 Å². The highest BCUT2D eigenvalue weighted by molar-refractivity contribution is 5.91. The van der Waals surface area contributed by atoms with Gasteiger partial charge in [0.15, 0.2) is 0 Å². The number of carbonyl (C=O) groups is 2. The van der Waals surface area contributed by atoms with E-state index in [2.05, 4.69) is 15.6 Å². The Morgan fingerprint density at radius 3 is 2.60 bits per heavy atom. The summed E-state index contributed by atoms with van der Waals surface area (Å²) in [5.41, 5.74) is 1.94. The Morgan fingerprint density at radius 2 is 1.87 bits per heavy atom. The summed E-state index contributed by atoms with van der Waals surface area (Å²) < 4.78 is 41.5. The van der Waals surface area contributed by atoms with Crippen molar-refractivity contribution in [2.45, 2.75) is 19.3 Å². The highest BCUT2D eigenvalue weighted by Crippen LogP contribution is 2.32. The third-order valence-corrected chi connectivity index (χ3v) is 5.36. The largest absolute Gasteiger partial charge is 0.356 e. The van der Waals surface area contributed by atoms with Gasteiger partial charge in [-0.2, -0.15) is 0 Å². The molecule has 1 unspecified atom stereocenters. The maximum atomic E-state index is 14.3. The van der Waals surface area contributed by atoms with Gasteiger partial charge in [0.1, 0.15) is 17.5 Å². The van der Waals surface area contributed by atoms with Crippen LogP contribution in [0, 0.1) is 23.4 Å². The zero-order valence-electron chi connectivity index (χ0n) is 16.0. The van der Waals surface area contributed by atoms with Gasteiger partial charge in [0.2, 0.25) is 11.8 Å². The first-order chi connectivity index (χ1) is 14.4. The highest BCUT2D eigenvalue weighted by atomic mass is 19.1. The molecular weight excluding hydrogens is 395 g/mol. The van der Waals surface area contributed by atoms with Crippen molar-refractivity contribution >= 4 is 22.7 Å². The van der Waals surface area contributed by atoms with E-state index < -0.39 is 17.5 Å². The van der Waals surface area contributed by atoms with Gasteiger partial charge in [-0.3, -0.25) is 9.59 Å². The zero-order valence-corrected chi connectivity index (χ0v) is 16.0. The van der Waals surface area contributed by atoms with Gasteiger partial charge < -0.3 is 15.6 Å². The van der Waals surface area contributed by atoms with Crippen molar-refractivity contribution < 1.29 is 22.8 Å². The van der Waals surface area contributed by atoms with E-state index in [1.807, 2.05) is 0 Å². The molecule has 3 aromatic rings. The predicted octanol–water partition coefficient (Wildman–Crippen LogP) is 3.44. The Balaban J connectivity index is 1.60. The molecule has 1 saturated heterocycles. The number of piperidine rings is 1. The molecule has 4 rings (SSSR count). The molecule has 2 heterocycles. The second kappa shape index (κ2) is 8.22. The fourth-order valence-electron chi connectivity index (χ4n) is 3.86. The Hall–Kier alpha value is -3.29. The summed E-state index contributed by atoms with van der Waals surface area (Å²) in [5, 5.41) is 5.87. The van der Waals surface area contributed by atoms with Gasteiger partial charge in [-0.05, 0) is 54.3 Å². The van der Waals surface area contributed by atoms with Crippen LogP contribution in [0.2, 0.25) is 0 Å². The second-order valence-corrected chi connectivity index (χ2v) is 7.38. The topological polar surface area (TPSA) is 74.0 Å². The number of hydrogen-bond acceptors (Lipinski definition) is 2. The van der Waals surface area contributed by atoms with E-state index in [0.29, 0.717) is 41.6 Å². The van der Waals surface area contributed by atoms with Crippen LogP contribution in [0.4, 0.5) is 13.2 Å². The number of hydrogen-bond donors (Lipinski definition) is 3. The number of benzene rings is 2. The first-order valence-electron chi connectivity index (χ1n) is 9.72. The number of aromatic amines is 1. The molecule has 2 aromatic carbocycles. The van der Waals surface area contributed by atoms with Crippen molar-refractivity contribution in [2.75, 3.05) is 13.1 Å². The summed E-state index contributed by atoms with van der Waals surface area (Å²) in [6.07, 6.45) is 1.03. The lowest BCUT2D eigenvalue weighted by Crippen LogP contribution is -2.41. The first kappa shape index (κ1) is 20.0. The molecule has 30 heavy (non-hydrogen) atoms. The molecule has 0 spiro atoms. The number of fused-ring (bicyclic) bond motifs is 1. The molecular formula is C22H20F3N3O2. The average Bonchev–Trinajstić information content (AvgIpc) is 3.07. The molecule has 0 bridgehead atoms. The molecule has 0 aliphatic carbocycles. The van der Waals surface area contributed by atoms with Crippen LogP contribution in [0.15, 0.2) is 36.4 Å². The number of H-pyrrole nitrogens is 1. The molecule has 0 radical (unpaired) electrons. The summed E-state index contributed by atoms with van der Waals surface area (Å²) >= 11 is 0. The van der Waals surface area contributed by atoms with Crippen LogP contribution < -0.4 is 10.6 Å². The normalized spacial score (nSPS) is 16.5. The Labute approximate surface area is 170 Å². The standard InChI is InChI=1S/C22H20F3N3O2/c23-14-3-1-12(2-4-14)20-16(17-10-15(24)11-18(25)21(17)28-20)6-8-27-22(30)13-5-7-26-19(29)9-13/h1-4,10-11,13,28H,5-9H2,(H,26,29)(H,27,30). The molecule has 156 valence electrons. The van der Waals surface area contributed by atoms with Crippen LogP contribution in [-0.2, 0) is 16.0 Å². The second-order valence-electron chi connectivity index (χ2n) is 7.38. The predicted molar refractivity (Wildman–Crippen MR) is 106 cm³/mol. The van der Waals surface area contributed by atoms with Crippen molar-refractivity contribution in [1.29, 1.82) is 0 Å². The summed E-state index contributed by atoms with van der Waals surface area (Å²) in [6, 6.07) is 7.72. The Kier molecular flexibility index (Phi) is 5.48. The van der Waals surface area contributed by atoms with Gasteiger partial charge in [0.25, 0.3) is 0 Å². The van der Waals surface area contributed by atoms with Gasteiger partial charge in [-0.1, -0.05) is 0 Å². The maximum absolute atomic E-state index is 14.3. The van der Waals surface area contributed by atoms with Crippen molar-refractivity contribution in [1.82, 2.24) is 15.6 Å². The van der Waals surface area contributed by atoms with Crippen molar-refractivity contribution in [3.8, 4) is 11.3 Å². The van der Waals surface area contributed by atoms with Crippen LogP contribution in [0.1, 0.15) is 18.4 Å². The maximum Gasteiger partial charge on any atom is 0.223 e. The average molecular weight is 415 g/mol. The van der Waals surface area contributed by atoms with Gasteiger partial charge in [0.05, 0.1) is 5.52 Å². The van der Waals surface area contributed by atoms with Crippen LogP contribution in [-0.4, -0.2) is 29.9 Å². The molecule has 1 aliphatic heterocycles.